The summed E-state index contributed by atoms with van der Waals surface area (Å²) in [7, 11) is -9.91. The lowest BCUT2D eigenvalue weighted by Gasteiger charge is -2.21. The number of carbonyl (C=O) groups is 4. The van der Waals surface area contributed by atoms with E-state index in [0.717, 1.165) is 109 Å². The Kier molecular flexibility index (Phi) is 64.4. The number of aliphatic hydroxyl groups excluding tert-OH is 1. The highest BCUT2D eigenvalue weighted by atomic mass is 31.2. The van der Waals surface area contributed by atoms with Gasteiger partial charge in [-0.1, -0.05) is 302 Å². The van der Waals surface area contributed by atoms with Crippen LogP contribution in [0.15, 0.2) is 24.3 Å². The van der Waals surface area contributed by atoms with Gasteiger partial charge in [-0.3, -0.25) is 37.3 Å². The molecule has 0 aromatic heterocycles. The highest BCUT2D eigenvalue weighted by Gasteiger charge is 2.30. The van der Waals surface area contributed by atoms with Crippen molar-refractivity contribution < 1.29 is 80.2 Å². The summed E-state index contributed by atoms with van der Waals surface area (Å²) in [5.41, 5.74) is 0. The van der Waals surface area contributed by atoms with Crippen LogP contribution in [0.3, 0.4) is 0 Å². The lowest BCUT2D eigenvalue weighted by atomic mass is 10.0. The minimum absolute atomic E-state index is 0.0859. The van der Waals surface area contributed by atoms with E-state index in [-0.39, 0.29) is 25.7 Å². The van der Waals surface area contributed by atoms with Crippen LogP contribution in [0, 0.1) is 0 Å². The van der Waals surface area contributed by atoms with Gasteiger partial charge in [0.15, 0.2) is 12.2 Å². The molecule has 0 aliphatic rings. The number of allylic oxidation sites excluding steroid dienone is 4. The molecule has 536 valence electrons. The van der Waals surface area contributed by atoms with Crippen LogP contribution in [0.25, 0.3) is 0 Å². The number of ether oxygens (including phenoxy) is 4. The Morgan fingerprint density at radius 3 is 0.802 bits per heavy atom. The maximum absolute atomic E-state index is 13.0. The smallest absolute Gasteiger partial charge is 0.462 e. The number of phosphoric acid groups is 2. The summed E-state index contributed by atoms with van der Waals surface area (Å²) in [4.78, 5) is 72.5. The zero-order valence-electron chi connectivity index (χ0n) is 58.3. The van der Waals surface area contributed by atoms with Gasteiger partial charge in [0.2, 0.25) is 0 Å². The van der Waals surface area contributed by atoms with E-state index in [1.54, 1.807) is 0 Å². The van der Waals surface area contributed by atoms with E-state index in [4.69, 9.17) is 37.0 Å². The number of phosphoric ester groups is 2. The fraction of sp³-hybridized carbons (Fsp3) is 0.889. The van der Waals surface area contributed by atoms with Crippen molar-refractivity contribution in [2.24, 2.45) is 0 Å². The van der Waals surface area contributed by atoms with Crippen molar-refractivity contribution in [2.45, 2.75) is 373 Å². The second-order valence-corrected chi connectivity index (χ2v) is 28.2. The van der Waals surface area contributed by atoms with Gasteiger partial charge in [-0.05, 0) is 51.4 Å². The zero-order chi connectivity index (χ0) is 66.8. The molecule has 2 unspecified atom stereocenters. The molecule has 0 heterocycles. The van der Waals surface area contributed by atoms with E-state index in [1.165, 1.54) is 167 Å². The second kappa shape index (κ2) is 66.2. The molecule has 0 amide bonds. The van der Waals surface area contributed by atoms with Gasteiger partial charge >= 0.3 is 39.5 Å². The first-order valence-electron chi connectivity index (χ1n) is 37.1. The Morgan fingerprint density at radius 2 is 0.527 bits per heavy atom. The molecular formula is C72H136O17P2. The number of hydrogen-bond donors (Lipinski definition) is 3. The Morgan fingerprint density at radius 1 is 0.308 bits per heavy atom. The van der Waals surface area contributed by atoms with Crippen molar-refractivity contribution in [3.8, 4) is 0 Å². The predicted molar refractivity (Wildman–Crippen MR) is 368 cm³/mol. The predicted octanol–water partition coefficient (Wildman–Crippen LogP) is 20.6. The molecule has 0 aliphatic carbocycles. The molecule has 0 spiro atoms. The molecule has 91 heavy (non-hydrogen) atoms. The quantitative estimate of drug-likeness (QED) is 0.0169. The van der Waals surface area contributed by atoms with Crippen molar-refractivity contribution in [1.29, 1.82) is 0 Å². The van der Waals surface area contributed by atoms with Gasteiger partial charge in [-0.2, -0.15) is 0 Å². The van der Waals surface area contributed by atoms with Crippen LogP contribution in [0.2, 0.25) is 0 Å². The van der Waals surface area contributed by atoms with Crippen molar-refractivity contribution in [2.75, 3.05) is 39.6 Å². The second-order valence-electron chi connectivity index (χ2n) is 25.3. The summed E-state index contributed by atoms with van der Waals surface area (Å²) in [5.74, 6) is -2.15. The fourth-order valence-electron chi connectivity index (χ4n) is 10.5. The number of rotatable bonds is 71. The Labute approximate surface area is 554 Å². The molecule has 0 saturated heterocycles. The van der Waals surface area contributed by atoms with Crippen LogP contribution in [-0.2, 0) is 65.4 Å². The monoisotopic (exact) mass is 1330 g/mol. The van der Waals surface area contributed by atoms with E-state index in [9.17, 15) is 43.2 Å². The molecule has 0 aromatic rings. The average molecular weight is 1340 g/mol. The van der Waals surface area contributed by atoms with Crippen LogP contribution in [0.1, 0.15) is 355 Å². The fourth-order valence-corrected chi connectivity index (χ4v) is 12.1. The highest BCUT2D eigenvalue weighted by molar-refractivity contribution is 7.47. The average Bonchev–Trinajstić information content (AvgIpc) is 2.29. The van der Waals surface area contributed by atoms with Gasteiger partial charge in [-0.25, -0.2) is 9.13 Å². The zero-order valence-corrected chi connectivity index (χ0v) is 60.1. The third-order valence-electron chi connectivity index (χ3n) is 16.2. The molecule has 17 nitrogen and oxygen atoms in total. The normalized spacial score (nSPS) is 14.1. The summed E-state index contributed by atoms with van der Waals surface area (Å²) in [6.07, 6.45) is 57.6. The molecule has 0 aromatic carbocycles. The number of esters is 4. The molecule has 0 fully saturated rings. The summed E-state index contributed by atoms with van der Waals surface area (Å²) in [6, 6.07) is 0. The van der Waals surface area contributed by atoms with Crippen LogP contribution in [0.4, 0.5) is 0 Å². The van der Waals surface area contributed by atoms with Gasteiger partial charge in [0.05, 0.1) is 26.4 Å². The minimum atomic E-state index is -4.96. The number of hydrogen-bond acceptors (Lipinski definition) is 15. The SMILES string of the molecule is CCCCCC/C=C\C=C/CCCCCCCC(=O)O[C@H](COC(=O)CCCCCCCCCCCCCCCC)COP(=O)(O)OC[C@@H](O)COP(=O)(O)OC[C@@H](COC(=O)CCCCCCCCCC)OC(=O)CCCCCCCCCCCCCCCC. The van der Waals surface area contributed by atoms with Gasteiger partial charge in [-0.15, -0.1) is 0 Å². The van der Waals surface area contributed by atoms with E-state index in [2.05, 4.69) is 52.0 Å². The van der Waals surface area contributed by atoms with Crippen molar-refractivity contribution in [3.63, 3.8) is 0 Å². The van der Waals surface area contributed by atoms with Crippen molar-refractivity contribution in [3.05, 3.63) is 24.3 Å². The topological polar surface area (TPSA) is 237 Å². The van der Waals surface area contributed by atoms with Crippen molar-refractivity contribution >= 4 is 39.5 Å². The molecule has 19 heteroatoms. The molecule has 0 rings (SSSR count). The molecule has 5 atom stereocenters. The Bertz CT molecular complexity index is 1830. The molecule has 3 N–H and O–H groups in total. The van der Waals surface area contributed by atoms with Crippen LogP contribution in [0.5, 0.6) is 0 Å². The van der Waals surface area contributed by atoms with Crippen LogP contribution < -0.4 is 0 Å². The molecular weight excluding hydrogens is 1200 g/mol. The molecule has 0 bridgehead atoms. The standard InChI is InChI=1S/C72H136O17P2/c1-5-9-13-17-21-25-28-31-34-37-40-43-47-51-55-59-72(77)89-68(63-83-70(75)57-53-49-45-41-38-35-32-29-26-22-18-14-10-6-2)65-87-91(80,81)85-61-66(73)60-84-90(78,79)86-64-67(62-82-69(74)56-52-48-44-24-20-16-12-8-4)88-71(76)58-54-50-46-42-39-36-33-30-27-23-19-15-11-7-3/h25,28,31,34,66-68,73H,5-24,26-27,29-30,32-33,35-65H2,1-4H3,(H,78,79)(H,80,81)/b28-25-,34-31-/t66-,67+,68+/m0/s1. The molecule has 0 radical (unpaired) electrons. The summed E-state index contributed by atoms with van der Waals surface area (Å²) in [6.45, 7) is 4.87. The van der Waals surface area contributed by atoms with Gasteiger partial charge < -0.3 is 33.8 Å². The Balaban J connectivity index is 5.26. The summed E-state index contributed by atoms with van der Waals surface area (Å²) in [5, 5.41) is 10.6. The van der Waals surface area contributed by atoms with Gasteiger partial charge in [0.25, 0.3) is 0 Å². The Hall–Kier alpha value is -2.46. The minimum Gasteiger partial charge on any atom is -0.462 e. The van der Waals surface area contributed by atoms with Crippen molar-refractivity contribution in [1.82, 2.24) is 0 Å². The third kappa shape index (κ3) is 66.0. The van der Waals surface area contributed by atoms with E-state index in [0.29, 0.717) is 25.7 Å². The first-order valence-corrected chi connectivity index (χ1v) is 40.1. The van der Waals surface area contributed by atoms with Crippen LogP contribution >= 0.6 is 15.6 Å². The largest absolute Gasteiger partial charge is 0.472 e. The van der Waals surface area contributed by atoms with E-state index < -0.39 is 97.5 Å². The van der Waals surface area contributed by atoms with E-state index in [1.807, 2.05) is 0 Å². The molecule has 0 saturated carbocycles. The third-order valence-corrected chi connectivity index (χ3v) is 18.1. The maximum atomic E-state index is 13.0. The first kappa shape index (κ1) is 88.5. The molecule has 0 aliphatic heterocycles. The van der Waals surface area contributed by atoms with E-state index >= 15 is 0 Å². The maximum Gasteiger partial charge on any atom is 0.472 e. The van der Waals surface area contributed by atoms with Crippen LogP contribution in [-0.4, -0.2) is 96.7 Å². The lowest BCUT2D eigenvalue weighted by Crippen LogP contribution is -2.30. The summed E-state index contributed by atoms with van der Waals surface area (Å²) < 4.78 is 68.3. The number of carbonyl (C=O) groups excluding carboxylic acids is 4. The van der Waals surface area contributed by atoms with Gasteiger partial charge in [0.1, 0.15) is 19.3 Å². The van der Waals surface area contributed by atoms with Gasteiger partial charge in [0, 0.05) is 25.7 Å². The number of unbranched alkanes of at least 4 members (excludes halogenated alkanes) is 42. The summed E-state index contributed by atoms with van der Waals surface area (Å²) >= 11 is 0. The first-order chi connectivity index (χ1) is 44.2. The highest BCUT2D eigenvalue weighted by Crippen LogP contribution is 2.45. The lowest BCUT2D eigenvalue weighted by molar-refractivity contribution is -0.161. The number of aliphatic hydroxyl groups is 1.